The first-order chi connectivity index (χ1) is 13.7. The summed E-state index contributed by atoms with van der Waals surface area (Å²) in [6, 6.07) is 0. The molecule has 2 aliphatic rings. The first kappa shape index (κ1) is 18.9. The van der Waals surface area contributed by atoms with E-state index in [0.717, 1.165) is 32.0 Å². The van der Waals surface area contributed by atoms with E-state index in [4.69, 9.17) is 4.52 Å². The molecule has 2 aromatic rings. The zero-order chi connectivity index (χ0) is 19.3. The molecule has 8 nitrogen and oxygen atoms in total. The average Bonchev–Trinajstić information content (AvgIpc) is 3.39. The normalized spacial score (nSPS) is 18.8. The number of carbonyl (C=O) groups excluding carboxylic acids is 1. The minimum atomic E-state index is -0.332. The van der Waals surface area contributed by atoms with E-state index in [-0.39, 0.29) is 11.7 Å². The highest BCUT2D eigenvalue weighted by Crippen LogP contribution is 2.26. The van der Waals surface area contributed by atoms with E-state index in [1.165, 1.54) is 43.2 Å². The van der Waals surface area contributed by atoms with Gasteiger partial charge >= 0.3 is 0 Å². The molecule has 28 heavy (non-hydrogen) atoms. The Hall–Kier alpha value is -2.48. The zero-order valence-electron chi connectivity index (χ0n) is 16.4. The van der Waals surface area contributed by atoms with Crippen molar-refractivity contribution in [1.82, 2.24) is 30.1 Å². The van der Waals surface area contributed by atoms with Crippen LogP contribution in [0.15, 0.2) is 23.0 Å². The minimum absolute atomic E-state index is 0.0797. The second-order valence-electron chi connectivity index (χ2n) is 7.76. The van der Waals surface area contributed by atoms with Crippen molar-refractivity contribution in [2.24, 2.45) is 5.92 Å². The fourth-order valence-corrected chi connectivity index (χ4v) is 4.09. The second-order valence-corrected chi connectivity index (χ2v) is 7.76. The van der Waals surface area contributed by atoms with Gasteiger partial charge in [0, 0.05) is 38.4 Å². The molecular weight excluding hydrogens is 356 g/mol. The maximum atomic E-state index is 11.5. The van der Waals surface area contributed by atoms with E-state index in [1.807, 2.05) is 6.20 Å². The van der Waals surface area contributed by atoms with Crippen LogP contribution in [0.3, 0.4) is 0 Å². The predicted octanol–water partition coefficient (Wildman–Crippen LogP) is 2.50. The molecule has 0 unspecified atom stereocenters. The standard InChI is InChI=1S/C20H28N6O2/c1-21-20(27)19-23-18(28-24-19)14-25-9-7-16(8-10-25)17-11-22-26(13-17)12-15-5-3-2-4-6-15/h7,11,13,15H,2-6,8-10,12,14H2,1H3,(H,21,27). The van der Waals surface area contributed by atoms with E-state index in [0.29, 0.717) is 12.4 Å². The van der Waals surface area contributed by atoms with Crippen LogP contribution < -0.4 is 5.32 Å². The molecule has 0 bridgehead atoms. The summed E-state index contributed by atoms with van der Waals surface area (Å²) in [5.74, 6) is 0.999. The Morgan fingerprint density at radius 3 is 2.93 bits per heavy atom. The largest absolute Gasteiger partial charge is 0.352 e. The maximum absolute atomic E-state index is 11.5. The van der Waals surface area contributed by atoms with Crippen molar-refractivity contribution in [3.8, 4) is 0 Å². The molecule has 4 rings (SSSR count). The first-order valence-electron chi connectivity index (χ1n) is 10.2. The molecule has 0 atom stereocenters. The molecule has 1 fully saturated rings. The molecule has 8 heteroatoms. The third-order valence-corrected chi connectivity index (χ3v) is 5.72. The summed E-state index contributed by atoms with van der Waals surface area (Å²) < 4.78 is 7.30. The monoisotopic (exact) mass is 384 g/mol. The molecule has 3 heterocycles. The lowest BCUT2D eigenvalue weighted by molar-refractivity contribution is 0.0950. The van der Waals surface area contributed by atoms with Crippen LogP contribution in [-0.4, -0.2) is 50.9 Å². The van der Waals surface area contributed by atoms with Crippen molar-refractivity contribution in [1.29, 1.82) is 0 Å². The van der Waals surface area contributed by atoms with Crippen LogP contribution in [-0.2, 0) is 13.1 Å². The molecule has 1 saturated carbocycles. The minimum Gasteiger partial charge on any atom is -0.352 e. The van der Waals surface area contributed by atoms with Gasteiger partial charge in [-0.2, -0.15) is 10.1 Å². The van der Waals surface area contributed by atoms with Crippen LogP contribution in [0.25, 0.3) is 5.57 Å². The van der Waals surface area contributed by atoms with Crippen LogP contribution in [0, 0.1) is 5.92 Å². The van der Waals surface area contributed by atoms with Crippen molar-refractivity contribution in [3.63, 3.8) is 0 Å². The van der Waals surface area contributed by atoms with Crippen molar-refractivity contribution in [3.05, 3.63) is 35.7 Å². The number of nitrogens with zero attached hydrogens (tertiary/aromatic N) is 5. The summed E-state index contributed by atoms with van der Waals surface area (Å²) in [4.78, 5) is 17.9. The number of aromatic nitrogens is 4. The van der Waals surface area contributed by atoms with Crippen LogP contribution in [0.5, 0.6) is 0 Å². The van der Waals surface area contributed by atoms with Crippen LogP contribution in [0.2, 0.25) is 0 Å². The Morgan fingerprint density at radius 2 is 2.18 bits per heavy atom. The fourth-order valence-electron chi connectivity index (χ4n) is 4.09. The van der Waals surface area contributed by atoms with E-state index in [1.54, 1.807) is 7.05 Å². The number of rotatable bonds is 6. The Balaban J connectivity index is 1.31. The van der Waals surface area contributed by atoms with Gasteiger partial charge in [-0.25, -0.2) is 0 Å². The van der Waals surface area contributed by atoms with Gasteiger partial charge in [0.1, 0.15) is 0 Å². The Kier molecular flexibility index (Phi) is 5.85. The van der Waals surface area contributed by atoms with Crippen molar-refractivity contribution in [2.45, 2.75) is 51.6 Å². The van der Waals surface area contributed by atoms with Crippen LogP contribution >= 0.6 is 0 Å². The molecule has 0 radical (unpaired) electrons. The number of carbonyl (C=O) groups is 1. The SMILES string of the molecule is CNC(=O)c1noc(CN2CC=C(c3cnn(CC4CCCCC4)c3)CC2)n1. The highest BCUT2D eigenvalue weighted by atomic mass is 16.5. The molecule has 1 amide bonds. The summed E-state index contributed by atoms with van der Waals surface area (Å²) >= 11 is 0. The van der Waals surface area contributed by atoms with Crippen molar-refractivity contribution >= 4 is 11.5 Å². The first-order valence-corrected chi connectivity index (χ1v) is 10.2. The summed E-state index contributed by atoms with van der Waals surface area (Å²) in [5.41, 5.74) is 2.58. The molecule has 0 aromatic carbocycles. The predicted molar refractivity (Wildman–Crippen MR) is 104 cm³/mol. The number of hydrogen-bond donors (Lipinski definition) is 1. The van der Waals surface area contributed by atoms with Gasteiger partial charge in [-0.05, 0) is 30.8 Å². The van der Waals surface area contributed by atoms with Crippen molar-refractivity contribution < 1.29 is 9.32 Å². The molecule has 1 N–H and O–H groups in total. The van der Waals surface area contributed by atoms with Gasteiger partial charge in [0.25, 0.3) is 11.7 Å². The van der Waals surface area contributed by atoms with Gasteiger partial charge in [-0.3, -0.25) is 14.4 Å². The Labute approximate surface area is 165 Å². The van der Waals surface area contributed by atoms with E-state index in [2.05, 4.69) is 42.4 Å². The topological polar surface area (TPSA) is 89.1 Å². The highest BCUT2D eigenvalue weighted by Gasteiger charge is 2.19. The molecule has 1 aliphatic carbocycles. The number of hydrogen-bond acceptors (Lipinski definition) is 6. The third kappa shape index (κ3) is 4.49. The van der Waals surface area contributed by atoms with Gasteiger partial charge in [0.15, 0.2) is 0 Å². The van der Waals surface area contributed by atoms with Gasteiger partial charge in [-0.15, -0.1) is 0 Å². The molecule has 1 aliphatic heterocycles. The molecule has 0 saturated heterocycles. The summed E-state index contributed by atoms with van der Waals surface area (Å²) in [5, 5.41) is 10.8. The van der Waals surface area contributed by atoms with Gasteiger partial charge < -0.3 is 9.84 Å². The Bertz CT molecular complexity index is 833. The lowest BCUT2D eigenvalue weighted by atomic mass is 9.89. The summed E-state index contributed by atoms with van der Waals surface area (Å²) in [6.07, 6.45) is 14.2. The fraction of sp³-hybridized carbons (Fsp3) is 0.600. The maximum Gasteiger partial charge on any atom is 0.292 e. The zero-order valence-corrected chi connectivity index (χ0v) is 16.4. The van der Waals surface area contributed by atoms with Gasteiger partial charge in [0.05, 0.1) is 12.7 Å². The quantitative estimate of drug-likeness (QED) is 0.823. The Morgan fingerprint density at radius 1 is 1.32 bits per heavy atom. The molecule has 2 aromatic heterocycles. The summed E-state index contributed by atoms with van der Waals surface area (Å²) in [7, 11) is 1.55. The third-order valence-electron chi connectivity index (χ3n) is 5.72. The lowest BCUT2D eigenvalue weighted by Crippen LogP contribution is -2.28. The molecule has 150 valence electrons. The number of nitrogens with one attached hydrogen (secondary N) is 1. The number of amides is 1. The summed E-state index contributed by atoms with van der Waals surface area (Å²) in [6.45, 7) is 3.33. The smallest absolute Gasteiger partial charge is 0.292 e. The van der Waals surface area contributed by atoms with Crippen molar-refractivity contribution in [2.75, 3.05) is 20.1 Å². The molecular formula is C20H28N6O2. The van der Waals surface area contributed by atoms with Gasteiger partial charge in [-0.1, -0.05) is 30.5 Å². The van der Waals surface area contributed by atoms with Crippen LogP contribution in [0.1, 0.15) is 60.6 Å². The average molecular weight is 384 g/mol. The lowest BCUT2D eigenvalue weighted by Gasteiger charge is -2.24. The van der Waals surface area contributed by atoms with E-state index in [9.17, 15) is 4.79 Å². The van der Waals surface area contributed by atoms with Crippen LogP contribution in [0.4, 0.5) is 0 Å². The van der Waals surface area contributed by atoms with E-state index >= 15 is 0 Å². The second kappa shape index (κ2) is 8.68. The van der Waals surface area contributed by atoms with E-state index < -0.39 is 0 Å². The highest BCUT2D eigenvalue weighted by molar-refractivity contribution is 5.89. The molecule has 0 spiro atoms. The van der Waals surface area contributed by atoms with Gasteiger partial charge in [0.2, 0.25) is 5.89 Å².